The average molecular weight is 1000 g/mol. The van der Waals surface area contributed by atoms with Crippen LogP contribution in [-0.2, 0) is 56.8 Å². The van der Waals surface area contributed by atoms with E-state index in [1.54, 1.807) is 0 Å². The van der Waals surface area contributed by atoms with Crippen molar-refractivity contribution < 1.29 is 139 Å². The van der Waals surface area contributed by atoms with Crippen LogP contribution in [0.15, 0.2) is 12.2 Å². The van der Waals surface area contributed by atoms with E-state index in [0.29, 0.717) is 5.57 Å². The van der Waals surface area contributed by atoms with Crippen LogP contribution in [0.5, 0.6) is 0 Å². The van der Waals surface area contributed by atoms with E-state index in [-0.39, 0.29) is 92.5 Å². The molecule has 0 aromatic carbocycles. The fourth-order valence-corrected chi connectivity index (χ4v) is 7.27. The smallest absolute Gasteiger partial charge is 0.186 e. The Morgan fingerprint density at radius 3 is 1.06 bits per heavy atom. The van der Waals surface area contributed by atoms with Crippen LogP contribution in [0.25, 0.3) is 0 Å². The Morgan fingerprint density at radius 2 is 0.691 bits per heavy atom. The third kappa shape index (κ3) is 17.4. The molecule has 4 saturated heterocycles. The summed E-state index contributed by atoms with van der Waals surface area (Å²) in [6, 6.07) is 0. The lowest BCUT2D eigenvalue weighted by Crippen LogP contribution is -2.59. The predicted octanol–water partition coefficient (Wildman–Crippen LogP) is -9.89. The molecule has 0 aromatic heterocycles. The van der Waals surface area contributed by atoms with Crippen molar-refractivity contribution in [1.82, 2.24) is 0 Å². The fraction of sp³-hybridized carbons (Fsp3) is 0.950. The standard InChI is InChI=1S/C40H72O28/c1-18(8-59-12-19(14-61-16-23-27(45)29(47)33(51)37(55)65-23)10-57-2-4-63-39-35(53)31(49)25(43)21(6-41)67-39)9-60-13-20(15-62-17-24-28(46)30(48)34(52)38(56)66-24)11-58-3-5-64-40-36(54)32(50)26(44)22(7-42)68-40/h19-56H,1-17H2/t19?,20?,21-,22-,23-,24-,25-,26-,27+,28+,29+,30+,31+,32+,33-,34-,35+,36+,37+,38+,39+,40+/m1/s1. The zero-order valence-electron chi connectivity index (χ0n) is 37.3. The lowest BCUT2D eigenvalue weighted by molar-refractivity contribution is -0.302. The highest BCUT2D eigenvalue weighted by molar-refractivity contribution is 4.95. The molecule has 68 heavy (non-hydrogen) atoms. The van der Waals surface area contributed by atoms with Crippen LogP contribution >= 0.6 is 0 Å². The van der Waals surface area contributed by atoms with Crippen LogP contribution in [0.1, 0.15) is 0 Å². The van der Waals surface area contributed by atoms with Gasteiger partial charge in [0.1, 0.15) is 97.7 Å². The van der Waals surface area contributed by atoms with E-state index < -0.39 is 148 Å². The second kappa shape index (κ2) is 30.0. The van der Waals surface area contributed by atoms with Crippen LogP contribution < -0.4 is 0 Å². The molecule has 0 amide bonds. The Hall–Kier alpha value is -1.38. The maximum atomic E-state index is 10.3. The first-order valence-electron chi connectivity index (χ1n) is 22.1. The Kier molecular flexibility index (Phi) is 26.1. The van der Waals surface area contributed by atoms with Gasteiger partial charge in [-0.05, 0) is 5.57 Å². The highest BCUT2D eigenvalue weighted by Gasteiger charge is 2.46. The van der Waals surface area contributed by atoms with Crippen LogP contribution in [0.2, 0.25) is 0 Å². The minimum absolute atomic E-state index is 0.00424. The topological polar surface area (TPSA) is 434 Å². The molecule has 4 aliphatic heterocycles. The van der Waals surface area contributed by atoms with Gasteiger partial charge in [0.25, 0.3) is 0 Å². The first kappa shape index (κ1) is 59.2. The SMILES string of the molecule is C=C(COCC(COCCO[C@H]1O[C@H](CO)[C@@H](O)[C@H](O)[C@@H]1O)COC[C@H]1O[C@H](O)[C@H](O)[C@@H](O)[C@H]1O)COCC(COCCO[C@H]1O[C@H](CO)[C@@H](O)[C@H](O)[C@@H]1O)COC[C@H]1O[C@H](O)[C@H](O)[C@@H](O)[C@H]1O. The molecule has 0 spiro atoms. The van der Waals surface area contributed by atoms with Crippen LogP contribution in [-0.4, -0.2) is 310 Å². The molecule has 4 rings (SSSR count). The number of rotatable bonds is 30. The van der Waals surface area contributed by atoms with Crippen molar-refractivity contribution >= 4 is 0 Å². The van der Waals surface area contributed by atoms with Crippen molar-refractivity contribution in [1.29, 1.82) is 0 Å². The van der Waals surface area contributed by atoms with Crippen molar-refractivity contribution in [2.24, 2.45) is 11.8 Å². The number of hydrogen-bond donors (Lipinski definition) is 16. The first-order chi connectivity index (χ1) is 32.4. The molecule has 400 valence electrons. The van der Waals surface area contributed by atoms with E-state index in [1.807, 2.05) is 0 Å². The Balaban J connectivity index is 1.24. The third-order valence-corrected chi connectivity index (χ3v) is 11.4. The summed E-state index contributed by atoms with van der Waals surface area (Å²) < 4.78 is 66.4. The monoisotopic (exact) mass is 1000 g/mol. The third-order valence-electron chi connectivity index (χ3n) is 11.4. The minimum Gasteiger partial charge on any atom is -0.394 e. The molecule has 0 saturated carbocycles. The second-order valence-electron chi connectivity index (χ2n) is 16.9. The number of aliphatic hydroxyl groups is 16. The van der Waals surface area contributed by atoms with Gasteiger partial charge in [0.05, 0.1) is 106 Å². The fourth-order valence-electron chi connectivity index (χ4n) is 7.27. The Morgan fingerprint density at radius 1 is 0.368 bits per heavy atom. The van der Waals surface area contributed by atoms with Gasteiger partial charge in [-0.25, -0.2) is 0 Å². The van der Waals surface area contributed by atoms with Gasteiger partial charge in [-0.3, -0.25) is 0 Å². The van der Waals surface area contributed by atoms with Gasteiger partial charge in [-0.2, -0.15) is 0 Å². The molecular weight excluding hydrogens is 928 g/mol. The summed E-state index contributed by atoms with van der Waals surface area (Å²) in [7, 11) is 0. The van der Waals surface area contributed by atoms with E-state index in [0.717, 1.165) is 0 Å². The Labute approximate surface area is 390 Å². The minimum atomic E-state index is -1.77. The molecule has 0 aromatic rings. The summed E-state index contributed by atoms with van der Waals surface area (Å²) in [5.74, 6) is -1.00. The van der Waals surface area contributed by atoms with Gasteiger partial charge in [0, 0.05) is 11.8 Å². The van der Waals surface area contributed by atoms with E-state index in [4.69, 9.17) is 56.8 Å². The zero-order chi connectivity index (χ0) is 50.1. The summed E-state index contributed by atoms with van der Waals surface area (Å²) in [4.78, 5) is 0. The van der Waals surface area contributed by atoms with Gasteiger partial charge in [0.2, 0.25) is 0 Å². The number of aliphatic hydroxyl groups excluding tert-OH is 16. The maximum Gasteiger partial charge on any atom is 0.186 e. The summed E-state index contributed by atoms with van der Waals surface area (Å²) in [5, 5.41) is 159. The van der Waals surface area contributed by atoms with Gasteiger partial charge in [0.15, 0.2) is 25.2 Å². The molecule has 2 unspecified atom stereocenters. The number of ether oxygens (including phenoxy) is 12. The first-order valence-corrected chi connectivity index (χ1v) is 22.1. The highest BCUT2D eigenvalue weighted by atomic mass is 16.7. The van der Waals surface area contributed by atoms with E-state index in [1.165, 1.54) is 0 Å². The molecule has 0 aliphatic carbocycles. The summed E-state index contributed by atoms with van der Waals surface area (Å²) in [5.41, 5.74) is 0.479. The molecule has 4 aliphatic rings. The van der Waals surface area contributed by atoms with Crippen molar-refractivity contribution in [3.8, 4) is 0 Å². The largest absolute Gasteiger partial charge is 0.394 e. The molecule has 16 N–H and O–H groups in total. The molecule has 4 heterocycles. The molecule has 28 heteroatoms. The summed E-state index contributed by atoms with van der Waals surface area (Å²) >= 11 is 0. The van der Waals surface area contributed by atoms with Gasteiger partial charge in [-0.1, -0.05) is 6.58 Å². The lowest BCUT2D eigenvalue weighted by atomic mass is 9.99. The lowest BCUT2D eigenvalue weighted by Gasteiger charge is -2.39. The quantitative estimate of drug-likeness (QED) is 0.0235. The second-order valence-corrected chi connectivity index (χ2v) is 16.9. The van der Waals surface area contributed by atoms with Crippen LogP contribution in [0, 0.1) is 11.8 Å². The van der Waals surface area contributed by atoms with Gasteiger partial charge >= 0.3 is 0 Å². The number of hydrogen-bond acceptors (Lipinski definition) is 28. The predicted molar refractivity (Wildman–Crippen MR) is 218 cm³/mol. The van der Waals surface area contributed by atoms with E-state index >= 15 is 0 Å². The molecule has 28 nitrogen and oxygen atoms in total. The highest BCUT2D eigenvalue weighted by Crippen LogP contribution is 2.25. The normalized spacial score (nSPS) is 40.0. The van der Waals surface area contributed by atoms with Crippen molar-refractivity contribution in [3.05, 3.63) is 12.2 Å². The molecule has 0 bridgehead atoms. The Bertz CT molecular complexity index is 1290. The van der Waals surface area contributed by atoms with Crippen molar-refractivity contribution in [2.75, 3.05) is 106 Å². The summed E-state index contributed by atoms with van der Waals surface area (Å²) in [6.45, 7) is 1.53. The average Bonchev–Trinajstić information content (AvgIpc) is 3.32. The van der Waals surface area contributed by atoms with Crippen LogP contribution in [0.3, 0.4) is 0 Å². The van der Waals surface area contributed by atoms with Gasteiger partial charge in [-0.15, -0.1) is 0 Å². The zero-order valence-corrected chi connectivity index (χ0v) is 37.3. The van der Waals surface area contributed by atoms with Gasteiger partial charge < -0.3 is 139 Å². The van der Waals surface area contributed by atoms with E-state index in [2.05, 4.69) is 6.58 Å². The molecule has 22 atom stereocenters. The summed E-state index contributed by atoms with van der Waals surface area (Å²) in [6.07, 6.45) is -30.6. The maximum absolute atomic E-state index is 10.3. The molecule has 0 radical (unpaired) electrons. The van der Waals surface area contributed by atoms with Crippen LogP contribution in [0.4, 0.5) is 0 Å². The van der Waals surface area contributed by atoms with E-state index in [9.17, 15) is 81.7 Å². The van der Waals surface area contributed by atoms with Crippen molar-refractivity contribution in [3.63, 3.8) is 0 Å². The molecular formula is C40H72O28. The van der Waals surface area contributed by atoms with Crippen molar-refractivity contribution in [2.45, 2.75) is 123 Å². The molecule has 4 fully saturated rings.